The topological polar surface area (TPSA) is 69.6 Å². The number of carboxylic acids is 1. The molecule has 5 heteroatoms. The van der Waals surface area contributed by atoms with Gasteiger partial charge >= 0.3 is 5.97 Å². The molecule has 0 aromatic heterocycles. The first kappa shape index (κ1) is 14.7. The number of carbonyl (C=O) groups excluding carboxylic acids is 1. The average molecular weight is 254 g/mol. The third-order valence-corrected chi connectivity index (χ3v) is 3.38. The van der Waals surface area contributed by atoms with E-state index in [0.717, 1.165) is 25.8 Å². The zero-order valence-electron chi connectivity index (χ0n) is 10.9. The molecule has 0 saturated carbocycles. The van der Waals surface area contributed by atoms with Gasteiger partial charge in [-0.1, -0.05) is 12.5 Å². The van der Waals surface area contributed by atoms with Crippen molar-refractivity contribution in [3.63, 3.8) is 0 Å². The molecule has 0 aromatic rings. The van der Waals surface area contributed by atoms with Crippen LogP contribution in [-0.4, -0.2) is 47.1 Å². The molecule has 102 valence electrons. The van der Waals surface area contributed by atoms with Gasteiger partial charge in [0.2, 0.25) is 5.91 Å². The van der Waals surface area contributed by atoms with Crippen molar-refractivity contribution in [3.05, 3.63) is 12.7 Å². The van der Waals surface area contributed by atoms with E-state index >= 15 is 0 Å². The van der Waals surface area contributed by atoms with Crippen LogP contribution < -0.4 is 5.32 Å². The van der Waals surface area contributed by atoms with E-state index in [0.29, 0.717) is 6.54 Å². The lowest BCUT2D eigenvalue weighted by Gasteiger charge is -2.38. The highest BCUT2D eigenvalue weighted by atomic mass is 16.4. The Morgan fingerprint density at radius 3 is 2.89 bits per heavy atom. The molecule has 2 N–H and O–H groups in total. The van der Waals surface area contributed by atoms with Crippen molar-refractivity contribution < 1.29 is 14.7 Å². The third-order valence-electron chi connectivity index (χ3n) is 3.38. The smallest absolute Gasteiger partial charge is 0.304 e. The predicted octanol–water partition coefficient (Wildman–Crippen LogP) is 1.01. The van der Waals surface area contributed by atoms with Crippen LogP contribution in [0.25, 0.3) is 0 Å². The first-order valence-corrected chi connectivity index (χ1v) is 6.42. The summed E-state index contributed by atoms with van der Waals surface area (Å²) in [4.78, 5) is 24.7. The van der Waals surface area contributed by atoms with Crippen LogP contribution in [0.1, 0.15) is 32.6 Å². The van der Waals surface area contributed by atoms with Gasteiger partial charge in [-0.25, -0.2) is 0 Å². The summed E-state index contributed by atoms with van der Waals surface area (Å²) >= 11 is 0. The Bertz CT molecular complexity index is 317. The van der Waals surface area contributed by atoms with Crippen LogP contribution in [0.2, 0.25) is 0 Å². The largest absolute Gasteiger partial charge is 0.481 e. The van der Waals surface area contributed by atoms with Gasteiger partial charge < -0.3 is 10.4 Å². The van der Waals surface area contributed by atoms with E-state index in [-0.39, 0.29) is 24.4 Å². The molecule has 1 fully saturated rings. The number of hydrogen-bond acceptors (Lipinski definition) is 3. The molecule has 1 aliphatic heterocycles. The summed E-state index contributed by atoms with van der Waals surface area (Å²) < 4.78 is 0. The van der Waals surface area contributed by atoms with E-state index in [1.54, 1.807) is 6.08 Å². The Labute approximate surface area is 108 Å². The van der Waals surface area contributed by atoms with Crippen molar-refractivity contribution in [2.24, 2.45) is 0 Å². The fourth-order valence-electron chi connectivity index (χ4n) is 2.42. The molecular weight excluding hydrogens is 232 g/mol. The number of rotatable bonds is 6. The number of piperidine rings is 1. The fourth-order valence-corrected chi connectivity index (χ4v) is 2.42. The van der Waals surface area contributed by atoms with Crippen molar-refractivity contribution in [1.29, 1.82) is 0 Å². The van der Waals surface area contributed by atoms with E-state index in [1.165, 1.54) is 0 Å². The van der Waals surface area contributed by atoms with Crippen molar-refractivity contribution in [1.82, 2.24) is 10.2 Å². The fraction of sp³-hybridized carbons (Fsp3) is 0.692. The Morgan fingerprint density at radius 1 is 1.56 bits per heavy atom. The number of nitrogens with zero attached hydrogens (tertiary/aromatic N) is 1. The molecule has 0 bridgehead atoms. The summed E-state index contributed by atoms with van der Waals surface area (Å²) in [6, 6.07) is -0.310. The van der Waals surface area contributed by atoms with Gasteiger partial charge in [0.1, 0.15) is 0 Å². The summed E-state index contributed by atoms with van der Waals surface area (Å²) in [5, 5.41) is 11.7. The maximum atomic E-state index is 11.9. The number of aliphatic carboxylic acids is 1. The summed E-state index contributed by atoms with van der Waals surface area (Å²) in [6.07, 6.45) is 4.66. The molecule has 0 spiro atoms. The van der Waals surface area contributed by atoms with Crippen molar-refractivity contribution in [3.8, 4) is 0 Å². The van der Waals surface area contributed by atoms with E-state index in [2.05, 4.69) is 11.9 Å². The number of carbonyl (C=O) groups is 2. The molecule has 1 heterocycles. The van der Waals surface area contributed by atoms with Crippen LogP contribution in [0.3, 0.4) is 0 Å². The predicted molar refractivity (Wildman–Crippen MR) is 69.3 cm³/mol. The molecule has 18 heavy (non-hydrogen) atoms. The molecule has 1 aliphatic rings. The number of carboxylic acid groups (broad SMARTS) is 1. The molecule has 2 atom stereocenters. The van der Waals surface area contributed by atoms with E-state index in [4.69, 9.17) is 5.11 Å². The van der Waals surface area contributed by atoms with Crippen molar-refractivity contribution in [2.75, 3.05) is 13.1 Å². The average Bonchev–Trinajstić information content (AvgIpc) is 2.35. The normalized spacial score (nSPS) is 22.2. The first-order chi connectivity index (χ1) is 8.56. The molecule has 2 unspecified atom stereocenters. The number of likely N-dealkylation sites (tertiary alicyclic amines) is 1. The Hall–Kier alpha value is -1.36. The highest BCUT2D eigenvalue weighted by Crippen LogP contribution is 2.22. The third kappa shape index (κ3) is 4.14. The molecular formula is C13H22N2O3. The van der Waals surface area contributed by atoms with E-state index in [9.17, 15) is 9.59 Å². The minimum absolute atomic E-state index is 0.0271. The van der Waals surface area contributed by atoms with Gasteiger partial charge in [-0.3, -0.25) is 14.5 Å². The standard InChI is InChI=1S/C13H22N2O3/c1-3-7-14-13(18)10(2)15-8-5-4-6-11(15)9-12(16)17/h3,10-11H,1,4-9H2,2H3,(H,14,18)(H,16,17). The Kier molecular flexibility index (Phi) is 5.85. The van der Waals surface area contributed by atoms with Gasteiger partial charge in [-0.15, -0.1) is 6.58 Å². The second-order valence-corrected chi connectivity index (χ2v) is 4.70. The highest BCUT2D eigenvalue weighted by Gasteiger charge is 2.31. The van der Waals surface area contributed by atoms with Gasteiger partial charge in [0.25, 0.3) is 0 Å². The van der Waals surface area contributed by atoms with Crippen molar-refractivity contribution in [2.45, 2.75) is 44.7 Å². The molecule has 1 saturated heterocycles. The van der Waals surface area contributed by atoms with Gasteiger partial charge in [-0.2, -0.15) is 0 Å². The van der Waals surface area contributed by atoms with Crippen LogP contribution in [0.4, 0.5) is 0 Å². The summed E-state index contributed by atoms with van der Waals surface area (Å²) in [6.45, 7) is 6.62. The van der Waals surface area contributed by atoms with Gasteiger partial charge in [0.05, 0.1) is 12.5 Å². The number of nitrogens with one attached hydrogen (secondary N) is 1. The van der Waals surface area contributed by atoms with Crippen LogP contribution >= 0.6 is 0 Å². The lowest BCUT2D eigenvalue weighted by molar-refractivity contribution is -0.140. The van der Waals surface area contributed by atoms with Crippen LogP contribution in [0, 0.1) is 0 Å². The van der Waals surface area contributed by atoms with E-state index < -0.39 is 5.97 Å². The maximum absolute atomic E-state index is 11.9. The lowest BCUT2D eigenvalue weighted by Crippen LogP contribution is -2.52. The second-order valence-electron chi connectivity index (χ2n) is 4.70. The maximum Gasteiger partial charge on any atom is 0.304 e. The minimum Gasteiger partial charge on any atom is -0.481 e. The van der Waals surface area contributed by atoms with Crippen molar-refractivity contribution >= 4 is 11.9 Å². The quantitative estimate of drug-likeness (QED) is 0.694. The molecule has 0 aromatic carbocycles. The molecule has 1 rings (SSSR count). The summed E-state index contributed by atoms with van der Waals surface area (Å²) in [5.74, 6) is -0.863. The number of amides is 1. The molecule has 1 amide bonds. The van der Waals surface area contributed by atoms with Crippen LogP contribution in [-0.2, 0) is 9.59 Å². The van der Waals surface area contributed by atoms with Crippen LogP contribution in [0.15, 0.2) is 12.7 Å². The van der Waals surface area contributed by atoms with E-state index in [1.807, 2.05) is 11.8 Å². The summed E-state index contributed by atoms with van der Waals surface area (Å²) in [5.41, 5.74) is 0. The minimum atomic E-state index is -0.800. The SMILES string of the molecule is C=CCNC(=O)C(C)N1CCCCC1CC(=O)O. The molecule has 5 nitrogen and oxygen atoms in total. The monoisotopic (exact) mass is 254 g/mol. The molecule has 0 radical (unpaired) electrons. The highest BCUT2D eigenvalue weighted by molar-refractivity contribution is 5.81. The first-order valence-electron chi connectivity index (χ1n) is 6.42. The Balaban J connectivity index is 2.61. The van der Waals surface area contributed by atoms with Gasteiger partial charge in [0, 0.05) is 12.6 Å². The molecule has 0 aliphatic carbocycles. The van der Waals surface area contributed by atoms with Gasteiger partial charge in [-0.05, 0) is 26.3 Å². The van der Waals surface area contributed by atoms with Gasteiger partial charge in [0.15, 0.2) is 0 Å². The summed E-state index contributed by atoms with van der Waals surface area (Å²) in [7, 11) is 0. The zero-order valence-corrected chi connectivity index (χ0v) is 10.9. The Morgan fingerprint density at radius 2 is 2.28 bits per heavy atom. The lowest BCUT2D eigenvalue weighted by atomic mass is 9.97. The number of hydrogen-bond donors (Lipinski definition) is 2. The second kappa shape index (κ2) is 7.16. The zero-order chi connectivity index (χ0) is 13.5. The van der Waals surface area contributed by atoms with Crippen LogP contribution in [0.5, 0.6) is 0 Å².